The number of likely N-dealkylation sites (tertiary alicyclic amines) is 1. The first-order valence-electron chi connectivity index (χ1n) is 8.49. The molecule has 0 N–H and O–H groups in total. The van der Waals surface area contributed by atoms with Crippen molar-refractivity contribution in [3.05, 3.63) is 40.2 Å². The van der Waals surface area contributed by atoms with E-state index in [0.717, 1.165) is 27.7 Å². The number of quaternary nitrogens is 1. The molecule has 2 atom stereocenters. The quantitative estimate of drug-likeness (QED) is 0.640. The Morgan fingerprint density at radius 2 is 2.13 bits per heavy atom. The Kier molecular flexibility index (Phi) is 4.44. The number of likely N-dealkylation sites (N-methyl/N-ethyl adjacent to an activating group) is 1. The van der Waals surface area contributed by atoms with Crippen LogP contribution in [0, 0.1) is 6.92 Å². The molecule has 2 heterocycles. The summed E-state index contributed by atoms with van der Waals surface area (Å²) >= 11 is 0. The van der Waals surface area contributed by atoms with Gasteiger partial charge in [0.05, 0.1) is 19.6 Å². The Hall–Kier alpha value is -1.81. The molecule has 2 aromatic rings. The van der Waals surface area contributed by atoms with Crippen molar-refractivity contribution in [2.45, 2.75) is 39.2 Å². The minimum absolute atomic E-state index is 0.313. The highest BCUT2D eigenvalue weighted by atomic mass is 16.5. The van der Waals surface area contributed by atoms with Gasteiger partial charge in [0.15, 0.2) is 0 Å². The van der Waals surface area contributed by atoms with E-state index >= 15 is 0 Å². The summed E-state index contributed by atoms with van der Waals surface area (Å²) in [4.78, 5) is 11.5. The lowest BCUT2D eigenvalue weighted by atomic mass is 10.0. The van der Waals surface area contributed by atoms with E-state index in [-0.39, 0.29) is 5.63 Å². The third-order valence-corrected chi connectivity index (χ3v) is 5.40. The van der Waals surface area contributed by atoms with Gasteiger partial charge in [-0.3, -0.25) is 0 Å². The molecule has 0 amide bonds. The minimum Gasteiger partial charge on any atom is -0.488 e. The summed E-state index contributed by atoms with van der Waals surface area (Å²) in [5.41, 5.74) is 1.22. The number of benzene rings is 1. The van der Waals surface area contributed by atoms with Crippen molar-refractivity contribution >= 4 is 11.0 Å². The van der Waals surface area contributed by atoms with E-state index in [9.17, 15) is 4.79 Å². The van der Waals surface area contributed by atoms with Gasteiger partial charge in [-0.2, -0.15) is 0 Å². The molecule has 4 heteroatoms. The lowest BCUT2D eigenvalue weighted by Gasteiger charge is -2.43. The number of rotatable bonds is 4. The second-order valence-corrected chi connectivity index (χ2v) is 7.03. The maximum absolute atomic E-state index is 11.5. The van der Waals surface area contributed by atoms with Gasteiger partial charge in [-0.25, -0.2) is 4.79 Å². The summed E-state index contributed by atoms with van der Waals surface area (Å²) in [6.45, 7) is 7.19. The predicted octanol–water partition coefficient (Wildman–Crippen LogP) is 3.50. The van der Waals surface area contributed by atoms with Crippen LogP contribution in [0.3, 0.4) is 0 Å². The van der Waals surface area contributed by atoms with Crippen LogP contribution in [-0.4, -0.2) is 37.3 Å². The highest BCUT2D eigenvalue weighted by Gasteiger charge is 2.31. The zero-order valence-electron chi connectivity index (χ0n) is 14.3. The van der Waals surface area contributed by atoms with Gasteiger partial charge in [-0.15, -0.1) is 0 Å². The molecule has 0 spiro atoms. The van der Waals surface area contributed by atoms with Crippen molar-refractivity contribution in [2.24, 2.45) is 0 Å². The van der Waals surface area contributed by atoms with Gasteiger partial charge in [-0.1, -0.05) is 0 Å². The molecule has 0 bridgehead atoms. The lowest BCUT2D eigenvalue weighted by molar-refractivity contribution is -0.936. The Balaban J connectivity index is 1.69. The SMILES string of the molecule is Cc1cc(=O)oc2cc(OCC[N+]3(C)CCCCC3C)ccc12. The first-order valence-corrected chi connectivity index (χ1v) is 8.49. The van der Waals surface area contributed by atoms with Gasteiger partial charge in [-0.05, 0) is 50.8 Å². The van der Waals surface area contributed by atoms with Crippen LogP contribution in [0.2, 0.25) is 0 Å². The standard InChI is InChI=1S/C19H26NO3/c1-14-12-19(21)23-18-13-16(7-8-17(14)18)22-11-10-20(3)9-5-4-6-15(20)2/h7-8,12-13,15H,4-6,9-11H2,1-3H3/q+1. The number of ether oxygens (including phenoxy) is 1. The van der Waals surface area contributed by atoms with Crippen LogP contribution in [0.5, 0.6) is 5.75 Å². The summed E-state index contributed by atoms with van der Waals surface area (Å²) in [6, 6.07) is 7.96. The summed E-state index contributed by atoms with van der Waals surface area (Å²) in [6.07, 6.45) is 3.96. The maximum Gasteiger partial charge on any atom is 0.336 e. The zero-order chi connectivity index (χ0) is 16.4. The van der Waals surface area contributed by atoms with Crippen LogP contribution in [0.25, 0.3) is 11.0 Å². The van der Waals surface area contributed by atoms with E-state index in [2.05, 4.69) is 14.0 Å². The van der Waals surface area contributed by atoms with Gasteiger partial charge >= 0.3 is 5.63 Å². The van der Waals surface area contributed by atoms with E-state index < -0.39 is 0 Å². The second kappa shape index (κ2) is 6.36. The topological polar surface area (TPSA) is 39.4 Å². The zero-order valence-corrected chi connectivity index (χ0v) is 14.3. The summed E-state index contributed by atoms with van der Waals surface area (Å²) in [5.74, 6) is 0.766. The molecule has 0 aliphatic carbocycles. The third-order valence-electron chi connectivity index (χ3n) is 5.40. The van der Waals surface area contributed by atoms with Crippen molar-refractivity contribution in [3.8, 4) is 5.75 Å². The first kappa shape index (κ1) is 16.1. The molecule has 1 saturated heterocycles. The van der Waals surface area contributed by atoms with Crippen LogP contribution in [-0.2, 0) is 0 Å². The maximum atomic E-state index is 11.5. The van der Waals surface area contributed by atoms with E-state index in [1.54, 1.807) is 0 Å². The molecule has 2 unspecified atom stereocenters. The van der Waals surface area contributed by atoms with Crippen LogP contribution < -0.4 is 10.4 Å². The highest BCUT2D eigenvalue weighted by Crippen LogP contribution is 2.25. The number of hydrogen-bond acceptors (Lipinski definition) is 3. The number of fused-ring (bicyclic) bond motifs is 1. The third kappa shape index (κ3) is 3.42. The van der Waals surface area contributed by atoms with E-state index in [1.165, 1.54) is 31.9 Å². The molecule has 1 aromatic heterocycles. The van der Waals surface area contributed by atoms with Crippen LogP contribution in [0.4, 0.5) is 0 Å². The Morgan fingerprint density at radius 1 is 1.30 bits per heavy atom. The first-order chi connectivity index (χ1) is 11.0. The molecule has 1 aliphatic rings. The average molecular weight is 316 g/mol. The van der Waals surface area contributed by atoms with Gasteiger partial charge in [0.1, 0.15) is 24.5 Å². The molecule has 124 valence electrons. The fourth-order valence-corrected chi connectivity index (χ4v) is 3.54. The van der Waals surface area contributed by atoms with Crippen LogP contribution in [0.1, 0.15) is 31.7 Å². The fraction of sp³-hybridized carbons (Fsp3) is 0.526. The largest absolute Gasteiger partial charge is 0.488 e. The van der Waals surface area contributed by atoms with E-state index in [0.29, 0.717) is 18.2 Å². The monoisotopic (exact) mass is 316 g/mol. The summed E-state index contributed by atoms with van der Waals surface area (Å²) < 4.78 is 12.3. The second-order valence-electron chi connectivity index (χ2n) is 7.03. The van der Waals surface area contributed by atoms with Crippen molar-refractivity contribution in [1.82, 2.24) is 0 Å². The molecule has 1 fully saturated rings. The molecular formula is C19H26NO3+. The molecule has 4 nitrogen and oxygen atoms in total. The Bertz CT molecular complexity index is 752. The van der Waals surface area contributed by atoms with Crippen molar-refractivity contribution < 1.29 is 13.6 Å². The molecule has 1 aliphatic heterocycles. The van der Waals surface area contributed by atoms with Crippen LogP contribution in [0.15, 0.2) is 33.5 Å². The molecule has 0 saturated carbocycles. The highest BCUT2D eigenvalue weighted by molar-refractivity contribution is 5.81. The van der Waals surface area contributed by atoms with Crippen molar-refractivity contribution in [2.75, 3.05) is 26.7 Å². The number of hydrogen-bond donors (Lipinski definition) is 0. The summed E-state index contributed by atoms with van der Waals surface area (Å²) in [5, 5.41) is 0.959. The van der Waals surface area contributed by atoms with Gasteiger partial charge < -0.3 is 13.6 Å². The molecule has 3 rings (SSSR count). The minimum atomic E-state index is -0.313. The molecule has 1 aromatic carbocycles. The lowest BCUT2D eigenvalue weighted by Crippen LogP contribution is -2.55. The normalized spacial score (nSPS) is 24.7. The summed E-state index contributed by atoms with van der Waals surface area (Å²) in [7, 11) is 2.33. The van der Waals surface area contributed by atoms with Gasteiger partial charge in [0, 0.05) is 17.5 Å². The van der Waals surface area contributed by atoms with Crippen molar-refractivity contribution in [1.29, 1.82) is 0 Å². The smallest absolute Gasteiger partial charge is 0.336 e. The number of piperidine rings is 1. The van der Waals surface area contributed by atoms with Gasteiger partial charge in [0.2, 0.25) is 0 Å². The predicted molar refractivity (Wildman–Crippen MR) is 91.9 cm³/mol. The Labute approximate surface area is 137 Å². The Morgan fingerprint density at radius 3 is 2.91 bits per heavy atom. The van der Waals surface area contributed by atoms with Gasteiger partial charge in [0.25, 0.3) is 0 Å². The van der Waals surface area contributed by atoms with Crippen LogP contribution >= 0.6 is 0 Å². The molecule has 0 radical (unpaired) electrons. The molecule has 23 heavy (non-hydrogen) atoms. The fourth-order valence-electron chi connectivity index (χ4n) is 3.54. The number of nitrogens with zero attached hydrogens (tertiary/aromatic N) is 1. The van der Waals surface area contributed by atoms with E-state index in [1.807, 2.05) is 25.1 Å². The average Bonchev–Trinajstić information content (AvgIpc) is 2.50. The molecular weight excluding hydrogens is 290 g/mol. The van der Waals surface area contributed by atoms with E-state index in [4.69, 9.17) is 9.15 Å². The number of aryl methyl sites for hydroxylation is 1. The van der Waals surface area contributed by atoms with Crippen molar-refractivity contribution in [3.63, 3.8) is 0 Å².